The maximum atomic E-state index is 13.2. The lowest BCUT2D eigenvalue weighted by Crippen LogP contribution is -2.21. The van der Waals surface area contributed by atoms with Crippen LogP contribution in [0.4, 0.5) is 10.1 Å². The van der Waals surface area contributed by atoms with E-state index in [4.69, 9.17) is 0 Å². The number of amides is 1. The van der Waals surface area contributed by atoms with Gasteiger partial charge in [0.2, 0.25) is 0 Å². The van der Waals surface area contributed by atoms with Crippen molar-refractivity contribution in [3.8, 4) is 5.69 Å². The predicted octanol–water partition coefficient (Wildman–Crippen LogP) is 5.80. The number of halogens is 1. The van der Waals surface area contributed by atoms with Crippen molar-refractivity contribution >= 4 is 39.8 Å². The number of benzene rings is 4. The Bertz CT molecular complexity index is 1580. The van der Waals surface area contributed by atoms with Crippen LogP contribution in [0.15, 0.2) is 107 Å². The van der Waals surface area contributed by atoms with Gasteiger partial charge in [-0.1, -0.05) is 78.5 Å². The summed E-state index contributed by atoms with van der Waals surface area (Å²) in [7, 11) is 0. The molecule has 0 unspecified atom stereocenters. The van der Waals surface area contributed by atoms with Gasteiger partial charge >= 0.3 is 0 Å². The van der Waals surface area contributed by atoms with E-state index in [1.165, 1.54) is 23.9 Å². The van der Waals surface area contributed by atoms with E-state index in [1.54, 1.807) is 19.1 Å². The summed E-state index contributed by atoms with van der Waals surface area (Å²) in [5, 5.41) is 19.3. The van der Waals surface area contributed by atoms with Crippen molar-refractivity contribution in [3.05, 3.63) is 114 Å². The fraction of sp³-hybridized carbons (Fsp3) is 0.103. The topological polar surface area (TPSA) is 84.2 Å². The number of hydrogen-bond donors (Lipinski definition) is 2. The summed E-state index contributed by atoms with van der Waals surface area (Å²) in [5.74, 6) is 0.213. The van der Waals surface area contributed by atoms with Crippen molar-refractivity contribution in [1.29, 1.82) is 0 Å². The second-order valence-corrected chi connectivity index (χ2v) is 9.42. The van der Waals surface area contributed by atoms with Crippen LogP contribution in [0.3, 0.4) is 0 Å². The number of rotatable bonds is 9. The number of hydrogen-bond acceptors (Lipinski definition) is 6. The van der Waals surface area contributed by atoms with Gasteiger partial charge in [0, 0.05) is 16.8 Å². The molecule has 0 atom stereocenters. The zero-order valence-corrected chi connectivity index (χ0v) is 21.5. The summed E-state index contributed by atoms with van der Waals surface area (Å²) in [6, 6.07) is 30.1. The monoisotopic (exact) mass is 524 g/mol. The molecule has 0 radical (unpaired) electrons. The Kier molecular flexibility index (Phi) is 7.75. The molecule has 0 spiro atoms. The summed E-state index contributed by atoms with van der Waals surface area (Å²) >= 11 is 1.28. The maximum absolute atomic E-state index is 13.2. The van der Waals surface area contributed by atoms with Crippen LogP contribution in [0.5, 0.6) is 0 Å². The molecule has 0 aliphatic carbocycles. The van der Waals surface area contributed by atoms with Crippen molar-refractivity contribution in [1.82, 2.24) is 20.2 Å². The van der Waals surface area contributed by atoms with Gasteiger partial charge in [-0.15, -0.1) is 10.2 Å². The third-order valence-corrected chi connectivity index (χ3v) is 6.81. The summed E-state index contributed by atoms with van der Waals surface area (Å²) in [4.78, 5) is 12.5. The molecule has 5 rings (SSSR count). The first kappa shape index (κ1) is 25.2. The first-order valence-electron chi connectivity index (χ1n) is 12.0. The predicted molar refractivity (Wildman–Crippen MR) is 150 cm³/mol. The molecular formula is C29H25FN6OS. The number of hydrazone groups is 1. The van der Waals surface area contributed by atoms with Crippen LogP contribution in [-0.2, 0) is 11.3 Å². The Hall–Kier alpha value is -4.50. The zero-order chi connectivity index (χ0) is 26.3. The highest BCUT2D eigenvalue weighted by Crippen LogP contribution is 2.25. The van der Waals surface area contributed by atoms with E-state index in [2.05, 4.69) is 44.2 Å². The van der Waals surface area contributed by atoms with Crippen LogP contribution in [-0.4, -0.2) is 32.1 Å². The number of carbonyl (C=O) groups excluding carboxylic acids is 1. The first-order valence-corrected chi connectivity index (χ1v) is 13.0. The lowest BCUT2D eigenvalue weighted by Gasteiger charge is -2.12. The minimum Gasteiger partial charge on any atom is -0.377 e. The van der Waals surface area contributed by atoms with Crippen molar-refractivity contribution in [3.63, 3.8) is 0 Å². The molecular weight excluding hydrogens is 499 g/mol. The number of fused-ring (bicyclic) bond motifs is 1. The van der Waals surface area contributed by atoms with Crippen LogP contribution in [0.25, 0.3) is 16.5 Å². The van der Waals surface area contributed by atoms with Gasteiger partial charge in [-0.3, -0.25) is 9.36 Å². The van der Waals surface area contributed by atoms with Gasteiger partial charge < -0.3 is 5.32 Å². The largest absolute Gasteiger partial charge is 0.377 e. The Morgan fingerprint density at radius 2 is 1.66 bits per heavy atom. The number of carbonyl (C=O) groups is 1. The van der Waals surface area contributed by atoms with E-state index >= 15 is 0 Å². The van der Waals surface area contributed by atoms with Gasteiger partial charge in [0.25, 0.3) is 5.91 Å². The van der Waals surface area contributed by atoms with Crippen LogP contribution in [0.1, 0.15) is 18.3 Å². The minimum atomic E-state index is -0.323. The summed E-state index contributed by atoms with van der Waals surface area (Å²) in [6.45, 7) is 2.20. The molecule has 38 heavy (non-hydrogen) atoms. The summed E-state index contributed by atoms with van der Waals surface area (Å²) in [6.07, 6.45) is 0. The number of aromatic nitrogens is 3. The first-order chi connectivity index (χ1) is 18.6. The smallest absolute Gasteiger partial charge is 0.250 e. The molecule has 7 nitrogen and oxygen atoms in total. The quantitative estimate of drug-likeness (QED) is 0.145. The second kappa shape index (κ2) is 11.7. The average molecular weight is 525 g/mol. The molecule has 2 N–H and O–H groups in total. The molecule has 1 aromatic heterocycles. The van der Waals surface area contributed by atoms with Gasteiger partial charge in [0.05, 0.1) is 18.0 Å². The Labute approximate surface area is 223 Å². The van der Waals surface area contributed by atoms with Crippen LogP contribution < -0.4 is 10.7 Å². The molecule has 0 fully saturated rings. The minimum absolute atomic E-state index is 0.0991. The fourth-order valence-electron chi connectivity index (χ4n) is 3.96. The van der Waals surface area contributed by atoms with Crippen molar-refractivity contribution in [2.75, 3.05) is 11.1 Å². The molecule has 0 aliphatic rings. The lowest BCUT2D eigenvalue weighted by atomic mass is 10.1. The van der Waals surface area contributed by atoms with Crippen molar-refractivity contribution < 1.29 is 9.18 Å². The molecule has 0 bridgehead atoms. The number of thioether (sulfide) groups is 1. The molecule has 0 aliphatic heterocycles. The second-order valence-electron chi connectivity index (χ2n) is 8.48. The van der Waals surface area contributed by atoms with E-state index in [1.807, 2.05) is 59.2 Å². The van der Waals surface area contributed by atoms with E-state index in [-0.39, 0.29) is 17.5 Å². The Morgan fingerprint density at radius 1 is 0.921 bits per heavy atom. The van der Waals surface area contributed by atoms with Gasteiger partial charge in [-0.05, 0) is 48.2 Å². The Morgan fingerprint density at radius 3 is 2.47 bits per heavy atom. The molecule has 1 amide bonds. The third-order valence-electron chi connectivity index (χ3n) is 5.88. The van der Waals surface area contributed by atoms with Crippen molar-refractivity contribution in [2.24, 2.45) is 5.10 Å². The fourth-order valence-corrected chi connectivity index (χ4v) is 4.73. The van der Waals surface area contributed by atoms with Gasteiger partial charge in [-0.2, -0.15) is 5.10 Å². The van der Waals surface area contributed by atoms with E-state index in [0.717, 1.165) is 33.5 Å². The molecule has 0 saturated carbocycles. The number of nitrogens with one attached hydrogen (secondary N) is 2. The van der Waals surface area contributed by atoms with Crippen LogP contribution in [0, 0.1) is 5.82 Å². The third kappa shape index (κ3) is 5.90. The number of para-hydroxylation sites is 1. The summed E-state index contributed by atoms with van der Waals surface area (Å²) in [5.41, 5.74) is 5.78. The molecule has 0 saturated heterocycles. The SMILES string of the molecule is C/C(=N/NC(=O)CSc1nnc(CNc2cccc3ccccc23)n1-c1ccccc1)c1ccc(F)cc1. The average Bonchev–Trinajstić information content (AvgIpc) is 3.37. The number of nitrogens with zero attached hydrogens (tertiary/aromatic N) is 4. The van der Waals surface area contributed by atoms with Crippen LogP contribution >= 0.6 is 11.8 Å². The standard InChI is InChI=1S/C29H25FN6OS/c1-20(21-14-16-23(30)17-15-21)32-34-28(37)19-38-29-35-33-27(36(29)24-10-3-2-4-11-24)18-31-26-13-7-9-22-8-5-6-12-25(22)26/h2-17,31H,18-19H2,1H3,(H,34,37)/b32-20-. The lowest BCUT2D eigenvalue weighted by molar-refractivity contribution is -0.118. The molecule has 190 valence electrons. The number of anilines is 1. The summed E-state index contributed by atoms with van der Waals surface area (Å²) < 4.78 is 15.1. The van der Waals surface area contributed by atoms with E-state index in [0.29, 0.717) is 17.4 Å². The van der Waals surface area contributed by atoms with E-state index < -0.39 is 0 Å². The molecule has 1 heterocycles. The van der Waals surface area contributed by atoms with Gasteiger partial charge in [0.1, 0.15) is 5.82 Å². The van der Waals surface area contributed by atoms with Crippen molar-refractivity contribution in [2.45, 2.75) is 18.6 Å². The molecule has 5 aromatic rings. The van der Waals surface area contributed by atoms with E-state index in [9.17, 15) is 9.18 Å². The van der Waals surface area contributed by atoms with Gasteiger partial charge in [-0.25, -0.2) is 9.82 Å². The highest BCUT2D eigenvalue weighted by Gasteiger charge is 2.16. The van der Waals surface area contributed by atoms with Crippen LogP contribution in [0.2, 0.25) is 0 Å². The zero-order valence-electron chi connectivity index (χ0n) is 20.6. The van der Waals surface area contributed by atoms with Gasteiger partial charge in [0.15, 0.2) is 11.0 Å². The maximum Gasteiger partial charge on any atom is 0.250 e. The normalized spacial score (nSPS) is 11.5. The highest BCUT2D eigenvalue weighted by molar-refractivity contribution is 7.99. The molecule has 9 heteroatoms. The molecule has 4 aromatic carbocycles. The Balaban J connectivity index is 1.30. The highest BCUT2D eigenvalue weighted by atomic mass is 32.2.